The number of halogens is 1. The lowest BCUT2D eigenvalue weighted by molar-refractivity contribution is 0.529. The molecular formula is C23H25ClN2O2S2. The van der Waals surface area contributed by atoms with Gasteiger partial charge in [0.05, 0.1) is 15.8 Å². The minimum Gasteiger partial charge on any atom is -0.348 e. The molecule has 1 aliphatic heterocycles. The summed E-state index contributed by atoms with van der Waals surface area (Å²) in [5, 5.41) is 3.29. The summed E-state index contributed by atoms with van der Waals surface area (Å²) in [5.41, 5.74) is 4.88. The van der Waals surface area contributed by atoms with E-state index in [2.05, 4.69) is 42.3 Å². The lowest BCUT2D eigenvalue weighted by atomic mass is 10.0. The molecule has 4 nitrogen and oxygen atoms in total. The van der Waals surface area contributed by atoms with Gasteiger partial charge in [-0.3, -0.25) is 0 Å². The highest BCUT2D eigenvalue weighted by molar-refractivity contribution is 7.92. The fraction of sp³-hybridized carbons (Fsp3) is 0.348. The first kappa shape index (κ1) is 21.3. The maximum absolute atomic E-state index is 12.9. The second-order valence-corrected chi connectivity index (χ2v) is 11.5. The Bertz CT molecular complexity index is 1110. The lowest BCUT2D eigenvalue weighted by Gasteiger charge is -2.31. The molecule has 0 unspecified atom stereocenters. The van der Waals surface area contributed by atoms with Gasteiger partial charge in [-0.05, 0) is 56.5 Å². The summed E-state index contributed by atoms with van der Waals surface area (Å²) in [6.07, 6.45) is 2.04. The normalized spacial score (nSPS) is 15.5. The Morgan fingerprint density at radius 2 is 1.70 bits per heavy atom. The van der Waals surface area contributed by atoms with Crippen molar-refractivity contribution >= 4 is 37.9 Å². The van der Waals surface area contributed by atoms with Crippen LogP contribution in [0.5, 0.6) is 0 Å². The number of hydrogen-bond acceptors (Lipinski definition) is 5. The Labute approximate surface area is 187 Å². The average molecular weight is 461 g/mol. The third kappa shape index (κ3) is 4.71. The van der Waals surface area contributed by atoms with Crippen molar-refractivity contribution in [3.63, 3.8) is 0 Å². The molecule has 3 aromatic rings. The van der Waals surface area contributed by atoms with Gasteiger partial charge in [-0.25, -0.2) is 13.4 Å². The molecule has 0 bridgehead atoms. The van der Waals surface area contributed by atoms with Gasteiger partial charge < -0.3 is 4.90 Å². The predicted octanol–water partition coefficient (Wildman–Crippen LogP) is 5.45. The topological polar surface area (TPSA) is 50.3 Å². The van der Waals surface area contributed by atoms with Crippen molar-refractivity contribution in [2.75, 3.05) is 18.0 Å². The molecule has 0 aliphatic carbocycles. The van der Waals surface area contributed by atoms with E-state index in [-0.39, 0.29) is 5.25 Å². The lowest BCUT2D eigenvalue weighted by Crippen LogP contribution is -2.39. The summed E-state index contributed by atoms with van der Waals surface area (Å²) in [6, 6.07) is 13.1. The monoisotopic (exact) mass is 460 g/mol. The molecule has 0 N–H and O–H groups in total. The Hall–Kier alpha value is -1.89. The van der Waals surface area contributed by atoms with E-state index in [1.54, 1.807) is 35.6 Å². The van der Waals surface area contributed by atoms with E-state index in [1.807, 2.05) is 0 Å². The van der Waals surface area contributed by atoms with E-state index in [9.17, 15) is 8.42 Å². The number of aryl methyl sites for hydroxylation is 2. The maximum atomic E-state index is 12.9. The largest absolute Gasteiger partial charge is 0.348 e. The SMILES string of the molecule is Cc1cc(C)cc(Cc2csc(N3CCC(S(=O)(=O)c4ccc(Cl)cc4)CC3)n2)c1. The highest BCUT2D eigenvalue weighted by Crippen LogP contribution is 2.30. The van der Waals surface area contributed by atoms with Crippen molar-refractivity contribution < 1.29 is 8.42 Å². The van der Waals surface area contributed by atoms with Gasteiger partial charge in [-0.15, -0.1) is 11.3 Å². The maximum Gasteiger partial charge on any atom is 0.185 e. The molecule has 158 valence electrons. The number of benzene rings is 2. The van der Waals surface area contributed by atoms with Gasteiger partial charge in [0.1, 0.15) is 0 Å². The fourth-order valence-corrected chi connectivity index (χ4v) is 6.81. The first-order chi connectivity index (χ1) is 14.3. The highest BCUT2D eigenvalue weighted by atomic mass is 35.5. The molecule has 4 rings (SSSR count). The van der Waals surface area contributed by atoms with E-state index in [0.717, 1.165) is 17.2 Å². The van der Waals surface area contributed by atoms with Crippen molar-refractivity contribution in [2.24, 2.45) is 0 Å². The molecule has 0 amide bonds. The standard InChI is InChI=1S/C23H25ClN2O2S2/c1-16-11-17(2)13-18(12-16)14-20-15-29-23(25-20)26-9-7-22(8-10-26)30(27,28)21-5-3-19(24)4-6-21/h3-6,11-13,15,22H,7-10,14H2,1-2H3. The zero-order valence-electron chi connectivity index (χ0n) is 17.1. The van der Waals surface area contributed by atoms with Crippen molar-refractivity contribution in [3.05, 3.63) is 75.3 Å². The molecule has 0 spiro atoms. The number of sulfone groups is 1. The average Bonchev–Trinajstić information content (AvgIpc) is 3.16. The van der Waals surface area contributed by atoms with Crippen LogP contribution in [0.3, 0.4) is 0 Å². The molecule has 1 saturated heterocycles. The van der Waals surface area contributed by atoms with E-state index in [4.69, 9.17) is 16.6 Å². The van der Waals surface area contributed by atoms with Crippen LogP contribution < -0.4 is 4.90 Å². The number of aromatic nitrogens is 1. The summed E-state index contributed by atoms with van der Waals surface area (Å²) < 4.78 is 25.9. The zero-order valence-corrected chi connectivity index (χ0v) is 19.5. The minimum atomic E-state index is -3.33. The second kappa shape index (κ2) is 8.69. The fourth-order valence-electron chi connectivity index (χ4n) is 4.08. The van der Waals surface area contributed by atoms with Crippen molar-refractivity contribution in [1.82, 2.24) is 4.98 Å². The van der Waals surface area contributed by atoms with Crippen LogP contribution in [0, 0.1) is 13.8 Å². The van der Waals surface area contributed by atoms with Crippen LogP contribution in [-0.4, -0.2) is 31.7 Å². The molecule has 7 heteroatoms. The van der Waals surface area contributed by atoms with Gasteiger partial charge in [-0.1, -0.05) is 40.9 Å². The van der Waals surface area contributed by atoms with Crippen LogP contribution in [0.4, 0.5) is 5.13 Å². The summed E-state index contributed by atoms with van der Waals surface area (Å²) in [6.45, 7) is 5.64. The summed E-state index contributed by atoms with van der Waals surface area (Å²) >= 11 is 7.54. The van der Waals surface area contributed by atoms with Crippen LogP contribution in [0.25, 0.3) is 0 Å². The van der Waals surface area contributed by atoms with Gasteiger partial charge in [0, 0.05) is 29.9 Å². The quantitative estimate of drug-likeness (QED) is 0.508. The van der Waals surface area contributed by atoms with E-state index < -0.39 is 9.84 Å². The number of thiazole rings is 1. The Kier molecular flexibility index (Phi) is 6.19. The van der Waals surface area contributed by atoms with Crippen LogP contribution in [0.1, 0.15) is 35.2 Å². The van der Waals surface area contributed by atoms with Gasteiger partial charge in [0.2, 0.25) is 0 Å². The van der Waals surface area contributed by atoms with Crippen LogP contribution in [0.15, 0.2) is 52.7 Å². The van der Waals surface area contributed by atoms with E-state index >= 15 is 0 Å². The predicted molar refractivity (Wildman–Crippen MR) is 125 cm³/mol. The number of rotatable bonds is 5. The van der Waals surface area contributed by atoms with Crippen molar-refractivity contribution in [2.45, 2.75) is 43.3 Å². The smallest absolute Gasteiger partial charge is 0.185 e. The van der Waals surface area contributed by atoms with Gasteiger partial charge >= 0.3 is 0 Å². The molecular weight excluding hydrogens is 436 g/mol. The summed E-state index contributed by atoms with van der Waals surface area (Å²) in [7, 11) is -3.33. The van der Waals surface area contributed by atoms with Gasteiger partial charge in [0.15, 0.2) is 15.0 Å². The molecule has 2 heterocycles. The first-order valence-corrected chi connectivity index (χ1v) is 12.9. The molecule has 2 aromatic carbocycles. The number of piperidine rings is 1. The van der Waals surface area contributed by atoms with Crippen molar-refractivity contribution in [3.8, 4) is 0 Å². The summed E-state index contributed by atoms with van der Waals surface area (Å²) in [4.78, 5) is 7.39. The number of hydrogen-bond donors (Lipinski definition) is 0. The summed E-state index contributed by atoms with van der Waals surface area (Å²) in [5.74, 6) is 0. The van der Waals surface area contributed by atoms with E-state index in [0.29, 0.717) is 35.8 Å². The third-order valence-corrected chi connectivity index (χ3v) is 8.98. The van der Waals surface area contributed by atoms with Gasteiger partial charge in [-0.2, -0.15) is 0 Å². The first-order valence-electron chi connectivity index (χ1n) is 10.1. The Balaban J connectivity index is 1.40. The van der Waals surface area contributed by atoms with Crippen LogP contribution >= 0.6 is 22.9 Å². The Morgan fingerprint density at radius 3 is 2.33 bits per heavy atom. The number of nitrogens with zero attached hydrogens (tertiary/aromatic N) is 2. The molecule has 0 saturated carbocycles. The van der Waals surface area contributed by atoms with E-state index in [1.165, 1.54) is 16.7 Å². The molecule has 1 aliphatic rings. The molecule has 0 atom stereocenters. The molecule has 30 heavy (non-hydrogen) atoms. The van der Waals surface area contributed by atoms with Gasteiger partial charge in [0.25, 0.3) is 0 Å². The minimum absolute atomic E-state index is 0.357. The second-order valence-electron chi connectivity index (χ2n) is 7.98. The molecule has 0 radical (unpaired) electrons. The third-order valence-electron chi connectivity index (χ3n) is 5.50. The Morgan fingerprint density at radius 1 is 1.07 bits per heavy atom. The van der Waals surface area contributed by atoms with Crippen molar-refractivity contribution in [1.29, 1.82) is 0 Å². The van der Waals surface area contributed by atoms with Crippen LogP contribution in [-0.2, 0) is 16.3 Å². The van der Waals surface area contributed by atoms with Crippen LogP contribution in [0.2, 0.25) is 5.02 Å². The molecule has 1 aromatic heterocycles. The highest BCUT2D eigenvalue weighted by Gasteiger charge is 2.32. The number of anilines is 1. The molecule has 1 fully saturated rings. The zero-order chi connectivity index (χ0) is 21.3.